The third kappa shape index (κ3) is 2.58. The average Bonchev–Trinajstić information content (AvgIpc) is 2.32. The molecular weight excluding hydrogens is 224 g/mol. The van der Waals surface area contributed by atoms with Gasteiger partial charge in [0.05, 0.1) is 16.9 Å². The van der Waals surface area contributed by atoms with Gasteiger partial charge in [0.1, 0.15) is 0 Å². The van der Waals surface area contributed by atoms with Crippen LogP contribution in [0.1, 0.15) is 11.3 Å². The predicted octanol–water partition coefficient (Wildman–Crippen LogP) is 2.59. The summed E-state index contributed by atoms with van der Waals surface area (Å²) in [6, 6.07) is 9.75. The van der Waals surface area contributed by atoms with Gasteiger partial charge in [-0.25, -0.2) is 9.78 Å². The van der Waals surface area contributed by atoms with Gasteiger partial charge in [0.25, 0.3) is 0 Å². The van der Waals surface area contributed by atoms with Crippen molar-refractivity contribution in [2.75, 3.05) is 0 Å². The molecule has 0 saturated heterocycles. The Bertz CT molecular complexity index is 561. The number of aromatic amines is 1. The molecule has 0 atom stereocenters. The number of nitrogens with zero attached hydrogens (tertiary/aromatic N) is 1. The highest BCUT2D eigenvalue weighted by atomic mass is 35.5. The topological polar surface area (TPSA) is 45.8 Å². The fourth-order valence-electron chi connectivity index (χ4n) is 1.26. The van der Waals surface area contributed by atoms with Crippen molar-refractivity contribution in [2.24, 2.45) is 0 Å². The van der Waals surface area contributed by atoms with Gasteiger partial charge in [-0.2, -0.15) is 0 Å². The van der Waals surface area contributed by atoms with Crippen molar-refractivity contribution >= 4 is 23.8 Å². The summed E-state index contributed by atoms with van der Waals surface area (Å²) in [6.07, 6.45) is 4.96. The minimum atomic E-state index is -0.405. The Balaban J connectivity index is 2.31. The van der Waals surface area contributed by atoms with Crippen molar-refractivity contribution in [3.8, 4) is 0 Å². The average molecular weight is 233 g/mol. The first-order chi connectivity index (χ1) is 7.75. The molecular formula is C12H9ClN2O. The minimum absolute atomic E-state index is 0.405. The van der Waals surface area contributed by atoms with E-state index in [0.29, 0.717) is 10.7 Å². The fourth-order valence-corrected chi connectivity index (χ4v) is 1.42. The maximum atomic E-state index is 11.0. The molecule has 1 aromatic carbocycles. The van der Waals surface area contributed by atoms with Crippen LogP contribution in [-0.2, 0) is 0 Å². The van der Waals surface area contributed by atoms with Crippen molar-refractivity contribution in [3.05, 3.63) is 63.3 Å². The zero-order valence-electron chi connectivity index (χ0n) is 8.35. The van der Waals surface area contributed by atoms with Crippen molar-refractivity contribution in [2.45, 2.75) is 0 Å². The van der Waals surface area contributed by atoms with Gasteiger partial charge in [0.15, 0.2) is 0 Å². The molecule has 0 radical (unpaired) electrons. The van der Waals surface area contributed by atoms with Crippen molar-refractivity contribution in [3.63, 3.8) is 0 Å². The molecule has 1 aromatic heterocycles. The number of nitrogens with one attached hydrogen (secondary N) is 1. The van der Waals surface area contributed by atoms with Crippen LogP contribution < -0.4 is 5.69 Å². The number of rotatable bonds is 2. The van der Waals surface area contributed by atoms with E-state index in [9.17, 15) is 4.79 Å². The Morgan fingerprint density at radius 3 is 2.69 bits per heavy atom. The molecule has 0 aliphatic rings. The smallest absolute Gasteiger partial charge is 0.305 e. The van der Waals surface area contributed by atoms with Crippen LogP contribution in [0.25, 0.3) is 12.2 Å². The Kier molecular flexibility index (Phi) is 3.17. The van der Waals surface area contributed by atoms with E-state index in [-0.39, 0.29) is 0 Å². The van der Waals surface area contributed by atoms with E-state index < -0.39 is 5.69 Å². The van der Waals surface area contributed by atoms with E-state index in [2.05, 4.69) is 9.97 Å². The van der Waals surface area contributed by atoms with E-state index in [0.717, 1.165) is 5.56 Å². The molecule has 3 nitrogen and oxygen atoms in total. The van der Waals surface area contributed by atoms with Crippen LogP contribution in [0.4, 0.5) is 0 Å². The number of hydrogen-bond acceptors (Lipinski definition) is 2. The largest absolute Gasteiger partial charge is 0.345 e. The molecule has 0 saturated carbocycles. The zero-order valence-corrected chi connectivity index (χ0v) is 9.11. The summed E-state index contributed by atoms with van der Waals surface area (Å²) in [5.74, 6) is 0. The second kappa shape index (κ2) is 4.77. The zero-order chi connectivity index (χ0) is 11.4. The standard InChI is InChI=1S/C12H9ClN2O/c13-10-8-14-12(16)15-11(10)7-6-9-4-2-1-3-5-9/h1-8H,(H,14,15,16). The van der Waals surface area contributed by atoms with Gasteiger partial charge in [-0.1, -0.05) is 48.0 Å². The molecule has 0 amide bonds. The first-order valence-corrected chi connectivity index (χ1v) is 5.11. The summed E-state index contributed by atoms with van der Waals surface area (Å²) in [5, 5.41) is 0.423. The normalized spacial score (nSPS) is 10.8. The maximum absolute atomic E-state index is 11.0. The summed E-state index contributed by atoms with van der Waals surface area (Å²) in [5.41, 5.74) is 1.19. The van der Waals surface area contributed by atoms with Gasteiger partial charge in [0.2, 0.25) is 0 Å². The second-order valence-electron chi connectivity index (χ2n) is 3.19. The minimum Gasteiger partial charge on any atom is -0.305 e. The lowest BCUT2D eigenvalue weighted by atomic mass is 10.2. The van der Waals surface area contributed by atoms with Crippen LogP contribution >= 0.6 is 11.6 Å². The summed E-state index contributed by atoms with van der Waals surface area (Å²) in [6.45, 7) is 0. The highest BCUT2D eigenvalue weighted by molar-refractivity contribution is 6.31. The van der Waals surface area contributed by atoms with Gasteiger partial charge in [-0.3, -0.25) is 0 Å². The van der Waals surface area contributed by atoms with E-state index >= 15 is 0 Å². The van der Waals surface area contributed by atoms with Crippen LogP contribution in [0.2, 0.25) is 5.02 Å². The molecule has 1 heterocycles. The summed E-state index contributed by atoms with van der Waals surface area (Å²) >= 11 is 5.88. The molecule has 0 aliphatic carbocycles. The molecule has 0 bridgehead atoms. The van der Waals surface area contributed by atoms with Gasteiger partial charge >= 0.3 is 5.69 Å². The number of aromatic nitrogens is 2. The molecule has 16 heavy (non-hydrogen) atoms. The summed E-state index contributed by atoms with van der Waals surface area (Å²) in [4.78, 5) is 17.1. The summed E-state index contributed by atoms with van der Waals surface area (Å²) < 4.78 is 0. The molecule has 1 N–H and O–H groups in total. The molecule has 80 valence electrons. The van der Waals surface area contributed by atoms with Crippen LogP contribution in [0.15, 0.2) is 41.3 Å². The molecule has 0 aliphatic heterocycles. The predicted molar refractivity (Wildman–Crippen MR) is 65.2 cm³/mol. The molecule has 0 unspecified atom stereocenters. The monoisotopic (exact) mass is 232 g/mol. The lowest BCUT2D eigenvalue weighted by Crippen LogP contribution is -2.10. The first kappa shape index (κ1) is 10.6. The van der Waals surface area contributed by atoms with Gasteiger partial charge in [-0.15, -0.1) is 0 Å². The second-order valence-corrected chi connectivity index (χ2v) is 3.60. The fraction of sp³-hybridized carbons (Fsp3) is 0. The van der Waals surface area contributed by atoms with Crippen molar-refractivity contribution in [1.29, 1.82) is 0 Å². The lowest BCUT2D eigenvalue weighted by molar-refractivity contribution is 1.06. The van der Waals surface area contributed by atoms with Crippen LogP contribution in [0.3, 0.4) is 0 Å². The molecule has 2 aromatic rings. The Hall–Kier alpha value is -1.87. The van der Waals surface area contributed by atoms with E-state index in [4.69, 9.17) is 11.6 Å². The van der Waals surface area contributed by atoms with Crippen LogP contribution in [0.5, 0.6) is 0 Å². The third-order valence-electron chi connectivity index (χ3n) is 2.04. The number of H-pyrrole nitrogens is 1. The third-order valence-corrected chi connectivity index (χ3v) is 2.34. The first-order valence-electron chi connectivity index (χ1n) is 4.73. The SMILES string of the molecule is O=c1ncc(Cl)c(C=Cc2ccccc2)[nH]1. The highest BCUT2D eigenvalue weighted by Gasteiger charge is 1.97. The number of benzene rings is 1. The number of halogens is 1. The van der Waals surface area contributed by atoms with Crippen molar-refractivity contribution in [1.82, 2.24) is 9.97 Å². The summed E-state index contributed by atoms with van der Waals surface area (Å²) in [7, 11) is 0. The van der Waals surface area contributed by atoms with Gasteiger partial charge < -0.3 is 4.98 Å². The van der Waals surface area contributed by atoms with E-state index in [1.54, 1.807) is 6.08 Å². The van der Waals surface area contributed by atoms with Crippen LogP contribution in [-0.4, -0.2) is 9.97 Å². The van der Waals surface area contributed by atoms with E-state index in [1.807, 2.05) is 36.4 Å². The molecule has 0 fully saturated rings. The molecule has 2 rings (SSSR count). The van der Waals surface area contributed by atoms with E-state index in [1.165, 1.54) is 6.20 Å². The lowest BCUT2D eigenvalue weighted by Gasteiger charge is -1.96. The molecule has 0 spiro atoms. The van der Waals surface area contributed by atoms with Gasteiger partial charge in [-0.05, 0) is 11.6 Å². The molecule has 4 heteroatoms. The Labute approximate surface area is 97.4 Å². The van der Waals surface area contributed by atoms with Crippen molar-refractivity contribution < 1.29 is 0 Å². The van der Waals surface area contributed by atoms with Gasteiger partial charge in [0, 0.05) is 0 Å². The highest BCUT2D eigenvalue weighted by Crippen LogP contribution is 2.13. The Morgan fingerprint density at radius 1 is 1.19 bits per heavy atom. The number of hydrogen-bond donors (Lipinski definition) is 1. The maximum Gasteiger partial charge on any atom is 0.345 e. The van der Waals surface area contributed by atoms with Crippen LogP contribution in [0, 0.1) is 0 Å². The quantitative estimate of drug-likeness (QED) is 0.865. The Morgan fingerprint density at radius 2 is 1.94 bits per heavy atom.